The minimum absolute atomic E-state index is 0.0549. The summed E-state index contributed by atoms with van der Waals surface area (Å²) < 4.78 is 0. The molecule has 12 N–H and O–H groups in total. The van der Waals surface area contributed by atoms with E-state index in [0.29, 0.717) is 19.4 Å². The molecule has 4 atom stereocenters. The molecule has 0 radical (unpaired) electrons. The number of rotatable bonds is 17. The first-order chi connectivity index (χ1) is 16.1. The Balaban J connectivity index is 5.60. The van der Waals surface area contributed by atoms with Gasteiger partial charge in [0.2, 0.25) is 17.7 Å². The van der Waals surface area contributed by atoms with Gasteiger partial charge < -0.3 is 53.0 Å². The molecule has 16 heteroatoms. The second-order valence-corrected chi connectivity index (χ2v) is 7.96. The van der Waals surface area contributed by atoms with Crippen molar-refractivity contribution in [3.8, 4) is 0 Å². The van der Waals surface area contributed by atoms with Gasteiger partial charge in [-0.2, -0.15) is 0 Å². The van der Waals surface area contributed by atoms with Crippen molar-refractivity contribution < 1.29 is 54.3 Å². The first-order valence-electron chi connectivity index (χ1n) is 10.5. The molecule has 0 heterocycles. The minimum atomic E-state index is -2.40. The molecule has 3 amide bonds. The Labute approximate surface area is 200 Å². The Morgan fingerprint density at radius 1 is 0.743 bits per heavy atom. The van der Waals surface area contributed by atoms with Crippen molar-refractivity contribution in [2.24, 2.45) is 11.5 Å². The summed E-state index contributed by atoms with van der Waals surface area (Å²) in [7, 11) is 0. The normalized spacial score (nSPS) is 14.7. The smallest absolute Gasteiger partial charge is 0.305 e. The van der Waals surface area contributed by atoms with E-state index in [2.05, 4.69) is 5.32 Å². The molecule has 0 fully saturated rings. The van der Waals surface area contributed by atoms with E-state index in [1.165, 1.54) is 0 Å². The number of hydrogen-bond acceptors (Lipinski definition) is 10. The maximum absolute atomic E-state index is 12.7. The molecule has 0 aromatic rings. The lowest BCUT2D eigenvalue weighted by Gasteiger charge is -2.30. The van der Waals surface area contributed by atoms with E-state index in [4.69, 9.17) is 26.8 Å². The number of aliphatic hydroxyl groups is 2. The third kappa shape index (κ3) is 13.2. The standard InChI is InChI=1S/C19H33N5O11/c1-19(34,35)12(4-2-3-5-20)24-18(33)11(8-15(29)30)23-17(32)10(7-14(27)28)22-16(31)9(21)6-13(25)26/h9-12,34-35H,2-8,20-21H2,1H3,(H,22,31)(H,23,32)(H,24,33)(H,25,26)(H,27,28)(H,29,30)/t9-,10-,11-,12-/m0/s1. The van der Waals surface area contributed by atoms with E-state index in [1.807, 2.05) is 10.6 Å². The van der Waals surface area contributed by atoms with Gasteiger partial charge in [0.25, 0.3) is 0 Å². The lowest BCUT2D eigenvalue weighted by atomic mass is 10.0. The van der Waals surface area contributed by atoms with Gasteiger partial charge in [-0.3, -0.25) is 28.8 Å². The molecule has 0 aliphatic heterocycles. The Morgan fingerprint density at radius 2 is 1.17 bits per heavy atom. The van der Waals surface area contributed by atoms with Crippen LogP contribution in [0.5, 0.6) is 0 Å². The van der Waals surface area contributed by atoms with Crippen LogP contribution in [0.15, 0.2) is 0 Å². The molecule has 0 aromatic carbocycles. The molecule has 0 bridgehead atoms. The van der Waals surface area contributed by atoms with Crippen LogP contribution in [-0.4, -0.2) is 97.7 Å². The van der Waals surface area contributed by atoms with Gasteiger partial charge in [0.15, 0.2) is 5.79 Å². The molecule has 0 saturated carbocycles. The predicted octanol–water partition coefficient (Wildman–Crippen LogP) is -3.98. The SMILES string of the molecule is CC(O)(O)[C@H](CCCCN)NC(=O)[C@H](CC(=O)O)NC(=O)[C@H](CC(=O)O)NC(=O)[C@@H](N)CC(=O)O. The van der Waals surface area contributed by atoms with Crippen LogP contribution in [0, 0.1) is 0 Å². The molecule has 0 aromatic heterocycles. The maximum atomic E-state index is 12.7. The molecule has 0 saturated heterocycles. The first-order valence-corrected chi connectivity index (χ1v) is 10.5. The summed E-state index contributed by atoms with van der Waals surface area (Å²) >= 11 is 0. The number of hydrogen-bond donors (Lipinski definition) is 10. The summed E-state index contributed by atoms with van der Waals surface area (Å²) in [6.07, 6.45) is -1.84. The first kappa shape index (κ1) is 31.7. The molecule has 200 valence electrons. The van der Waals surface area contributed by atoms with Crippen LogP contribution in [0.1, 0.15) is 45.4 Å². The van der Waals surface area contributed by atoms with Crippen molar-refractivity contribution in [1.82, 2.24) is 16.0 Å². The summed E-state index contributed by atoms with van der Waals surface area (Å²) in [5, 5.41) is 52.9. The van der Waals surface area contributed by atoms with Crippen LogP contribution in [0.25, 0.3) is 0 Å². The van der Waals surface area contributed by atoms with Crippen molar-refractivity contribution in [3.63, 3.8) is 0 Å². The lowest BCUT2D eigenvalue weighted by molar-refractivity contribution is -0.173. The van der Waals surface area contributed by atoms with Gasteiger partial charge in [-0.25, -0.2) is 0 Å². The number of nitrogens with two attached hydrogens (primary N) is 2. The highest BCUT2D eigenvalue weighted by Gasteiger charge is 2.35. The van der Waals surface area contributed by atoms with Crippen molar-refractivity contribution in [2.45, 2.75) is 75.4 Å². The second-order valence-electron chi connectivity index (χ2n) is 7.96. The zero-order chi connectivity index (χ0) is 27.3. The minimum Gasteiger partial charge on any atom is -0.481 e. The van der Waals surface area contributed by atoms with E-state index in [1.54, 1.807) is 0 Å². The summed E-state index contributed by atoms with van der Waals surface area (Å²) in [5.41, 5.74) is 10.8. The third-order valence-electron chi connectivity index (χ3n) is 4.68. The number of unbranched alkanes of at least 4 members (excludes halogenated alkanes) is 1. The lowest BCUT2D eigenvalue weighted by Crippen LogP contribution is -2.59. The summed E-state index contributed by atoms with van der Waals surface area (Å²) in [5.74, 6) is -10.4. The topological polar surface area (TPSA) is 292 Å². The highest BCUT2D eigenvalue weighted by atomic mass is 16.5. The second kappa shape index (κ2) is 14.8. The molecule has 0 rings (SSSR count). The molecule has 0 aliphatic rings. The van der Waals surface area contributed by atoms with E-state index >= 15 is 0 Å². The van der Waals surface area contributed by atoms with Crippen molar-refractivity contribution >= 4 is 35.6 Å². The Bertz CT molecular complexity index is 784. The molecule has 0 spiro atoms. The number of amides is 3. The summed E-state index contributed by atoms with van der Waals surface area (Å²) in [6, 6.07) is -6.50. The van der Waals surface area contributed by atoms with E-state index < -0.39 is 84.8 Å². The van der Waals surface area contributed by atoms with Crippen molar-refractivity contribution in [3.05, 3.63) is 0 Å². The van der Waals surface area contributed by atoms with Gasteiger partial charge in [-0.15, -0.1) is 0 Å². The van der Waals surface area contributed by atoms with Crippen molar-refractivity contribution in [2.75, 3.05) is 6.54 Å². The van der Waals surface area contributed by atoms with Gasteiger partial charge in [0.1, 0.15) is 12.1 Å². The molecule has 0 aliphatic carbocycles. The van der Waals surface area contributed by atoms with Crippen LogP contribution in [-0.2, 0) is 28.8 Å². The zero-order valence-electron chi connectivity index (χ0n) is 19.1. The molecular weight excluding hydrogens is 474 g/mol. The fraction of sp³-hybridized carbons (Fsp3) is 0.684. The predicted molar refractivity (Wildman–Crippen MR) is 116 cm³/mol. The van der Waals surface area contributed by atoms with Gasteiger partial charge >= 0.3 is 17.9 Å². The highest BCUT2D eigenvalue weighted by molar-refractivity contribution is 5.96. The third-order valence-corrected chi connectivity index (χ3v) is 4.68. The van der Waals surface area contributed by atoms with Crippen LogP contribution in [0.4, 0.5) is 0 Å². The quantitative estimate of drug-likeness (QED) is 0.0664. The maximum Gasteiger partial charge on any atom is 0.305 e. The van der Waals surface area contributed by atoms with Crippen LogP contribution < -0.4 is 27.4 Å². The monoisotopic (exact) mass is 507 g/mol. The van der Waals surface area contributed by atoms with Crippen LogP contribution >= 0.6 is 0 Å². The van der Waals surface area contributed by atoms with E-state index in [9.17, 15) is 39.0 Å². The number of carbonyl (C=O) groups is 6. The fourth-order valence-electron chi connectivity index (χ4n) is 2.85. The summed E-state index contributed by atoms with van der Waals surface area (Å²) in [6.45, 7) is 1.29. The van der Waals surface area contributed by atoms with Gasteiger partial charge in [-0.05, 0) is 32.7 Å². The zero-order valence-corrected chi connectivity index (χ0v) is 19.1. The average Bonchev–Trinajstić information content (AvgIpc) is 2.69. The van der Waals surface area contributed by atoms with Gasteiger partial charge in [0, 0.05) is 0 Å². The fourth-order valence-corrected chi connectivity index (χ4v) is 2.85. The number of carboxylic acids is 3. The van der Waals surface area contributed by atoms with Gasteiger partial charge in [-0.1, -0.05) is 0 Å². The van der Waals surface area contributed by atoms with Crippen LogP contribution in [0.2, 0.25) is 0 Å². The number of carbonyl (C=O) groups excluding carboxylic acids is 3. The van der Waals surface area contributed by atoms with Crippen LogP contribution in [0.3, 0.4) is 0 Å². The number of nitrogens with one attached hydrogen (secondary N) is 3. The highest BCUT2D eigenvalue weighted by Crippen LogP contribution is 2.13. The molecular formula is C19H33N5O11. The Hall–Kier alpha value is -3.34. The van der Waals surface area contributed by atoms with E-state index in [0.717, 1.165) is 6.92 Å². The van der Waals surface area contributed by atoms with Crippen molar-refractivity contribution in [1.29, 1.82) is 0 Å². The number of carboxylic acid groups (broad SMARTS) is 3. The van der Waals surface area contributed by atoms with E-state index in [-0.39, 0.29) is 6.42 Å². The number of aliphatic carboxylic acids is 3. The average molecular weight is 507 g/mol. The van der Waals surface area contributed by atoms with Gasteiger partial charge in [0.05, 0.1) is 31.3 Å². The molecule has 35 heavy (non-hydrogen) atoms. The molecule has 16 nitrogen and oxygen atoms in total. The Kier molecular flexibility index (Phi) is 13.4. The molecule has 0 unspecified atom stereocenters. The largest absolute Gasteiger partial charge is 0.481 e. The summed E-state index contributed by atoms with van der Waals surface area (Å²) in [4.78, 5) is 70.4. The Morgan fingerprint density at radius 3 is 1.57 bits per heavy atom.